The highest BCUT2D eigenvalue weighted by Crippen LogP contribution is 2.35. The Morgan fingerprint density at radius 2 is 1.25 bits per heavy atom. The number of aromatic amines is 2. The summed E-state index contributed by atoms with van der Waals surface area (Å²) in [5.74, 6) is 1.06. The number of rotatable bonds is 13. The van der Waals surface area contributed by atoms with Crippen molar-refractivity contribution >= 4 is 24.0 Å². The first-order valence-corrected chi connectivity index (χ1v) is 18.4. The zero-order chi connectivity index (χ0) is 37.5. The van der Waals surface area contributed by atoms with Gasteiger partial charge in [-0.25, -0.2) is 19.6 Å². The molecule has 14 nitrogen and oxygen atoms in total. The summed E-state index contributed by atoms with van der Waals surface area (Å²) in [5, 5.41) is 2.69. The lowest BCUT2D eigenvalue weighted by molar-refractivity contribution is -0.141. The molecule has 280 valence electrons. The number of H-pyrrole nitrogens is 2. The van der Waals surface area contributed by atoms with Crippen molar-refractivity contribution < 1.29 is 28.7 Å². The quantitative estimate of drug-likeness (QED) is 0.124. The molecule has 4 atom stereocenters. The van der Waals surface area contributed by atoms with Crippen molar-refractivity contribution in [2.45, 2.75) is 89.4 Å². The van der Waals surface area contributed by atoms with Gasteiger partial charge in [-0.15, -0.1) is 0 Å². The molecule has 2 fully saturated rings. The van der Waals surface area contributed by atoms with Crippen LogP contribution in [0.25, 0.3) is 33.6 Å². The molecule has 5 N–H and O–H groups in total. The molecule has 0 saturated carbocycles. The van der Waals surface area contributed by atoms with Crippen molar-refractivity contribution in [2.24, 2.45) is 5.73 Å². The van der Waals surface area contributed by atoms with E-state index in [1.807, 2.05) is 43.0 Å². The van der Waals surface area contributed by atoms with Gasteiger partial charge in [0.15, 0.2) is 6.10 Å². The number of carbonyl (C=O) groups excluding carboxylic acids is 4. The summed E-state index contributed by atoms with van der Waals surface area (Å²) in [6.07, 6.45) is 6.73. The molecule has 0 bridgehead atoms. The maximum Gasteiger partial charge on any atom is 0.407 e. The Kier molecular flexibility index (Phi) is 11.8. The third kappa shape index (κ3) is 8.37. The number of nitrogens with two attached hydrogens (primary N) is 1. The van der Waals surface area contributed by atoms with Crippen LogP contribution in [0.4, 0.5) is 9.59 Å². The molecule has 6 rings (SSSR count). The number of imidazole rings is 2. The Bertz CT molecular complexity index is 1890. The largest absolute Gasteiger partial charge is 0.453 e. The molecule has 2 aliphatic heterocycles. The Labute approximate surface area is 308 Å². The average Bonchev–Trinajstić information content (AvgIpc) is 4.00. The Morgan fingerprint density at radius 1 is 0.774 bits per heavy atom. The average molecular weight is 725 g/mol. The highest BCUT2D eigenvalue weighted by atomic mass is 16.6. The summed E-state index contributed by atoms with van der Waals surface area (Å²) in [6.45, 7) is 5.07. The molecule has 2 saturated heterocycles. The van der Waals surface area contributed by atoms with Crippen LogP contribution in [0.2, 0.25) is 0 Å². The molecule has 0 aliphatic carbocycles. The maximum absolute atomic E-state index is 13.5. The molecule has 0 spiro atoms. The van der Waals surface area contributed by atoms with Gasteiger partial charge in [-0.2, -0.15) is 0 Å². The molecule has 4 aromatic rings. The summed E-state index contributed by atoms with van der Waals surface area (Å²) < 4.78 is 9.89. The van der Waals surface area contributed by atoms with E-state index in [9.17, 15) is 19.2 Å². The summed E-state index contributed by atoms with van der Waals surface area (Å²) in [5.41, 5.74) is 11.0. The number of nitrogens with one attached hydrogen (secondary N) is 3. The van der Waals surface area contributed by atoms with Gasteiger partial charge in [0.05, 0.1) is 43.0 Å². The van der Waals surface area contributed by atoms with Gasteiger partial charge in [0, 0.05) is 13.1 Å². The minimum atomic E-state index is -0.949. The zero-order valence-electron chi connectivity index (χ0n) is 30.5. The highest BCUT2D eigenvalue weighted by Gasteiger charge is 2.37. The second kappa shape index (κ2) is 16.8. The molecule has 2 aromatic carbocycles. The Balaban J connectivity index is 1.10. The van der Waals surface area contributed by atoms with E-state index in [-0.39, 0.29) is 23.9 Å². The van der Waals surface area contributed by atoms with Crippen LogP contribution in [0.1, 0.15) is 88.9 Å². The molecule has 2 aliphatic rings. The van der Waals surface area contributed by atoms with E-state index < -0.39 is 24.3 Å². The minimum Gasteiger partial charge on any atom is -0.453 e. The lowest BCUT2D eigenvalue weighted by Gasteiger charge is -2.28. The number of primary amides is 1. The van der Waals surface area contributed by atoms with Gasteiger partial charge in [0.2, 0.25) is 5.91 Å². The SMILES string of the molecule is CCC[C@H](NC(=O)OC)C(=O)N1CCCC1c1ncc(-c2ccc(-c3ccc(-c4cnc([C@@H]5CCCN5C(=O)[C@H](CCC)OC(N)=O)[nH]4)cc3)cc2)[nH]1. The number of nitrogens with zero attached hydrogens (tertiary/aromatic N) is 4. The fourth-order valence-corrected chi connectivity index (χ4v) is 7.39. The normalized spacial score (nSPS) is 18.1. The molecular formula is C39H48N8O6. The van der Waals surface area contributed by atoms with Crippen molar-refractivity contribution in [1.29, 1.82) is 0 Å². The van der Waals surface area contributed by atoms with Crippen molar-refractivity contribution in [3.05, 3.63) is 72.6 Å². The van der Waals surface area contributed by atoms with Crippen LogP contribution in [0.15, 0.2) is 60.9 Å². The first kappa shape index (κ1) is 37.1. The Morgan fingerprint density at radius 3 is 1.70 bits per heavy atom. The van der Waals surface area contributed by atoms with Gasteiger partial charge in [-0.1, -0.05) is 75.2 Å². The standard InChI is InChI=1S/C39H48N8O6/c1-4-8-28(45-39(51)52-3)36(48)46-20-6-10-31(46)34-41-22-29(43-34)26-16-12-24(13-17-26)25-14-18-27(19-15-25)30-23-42-35(44-30)32-11-7-21-47(32)37(49)33(9-5-2)53-38(40)50/h12-19,22-23,28,31-33H,4-11,20-21H2,1-3H3,(H2,40,50)(H,41,43)(H,42,44)(H,45,51)/t28-,31?,32-,33-/m0/s1. The van der Waals surface area contributed by atoms with Crippen molar-refractivity contribution in [2.75, 3.05) is 20.2 Å². The maximum atomic E-state index is 13.5. The summed E-state index contributed by atoms with van der Waals surface area (Å²) in [6, 6.07) is 15.4. The number of likely N-dealkylation sites (tertiary alicyclic amines) is 2. The number of benzene rings is 2. The number of hydrogen-bond acceptors (Lipinski definition) is 8. The smallest absolute Gasteiger partial charge is 0.407 e. The molecule has 0 radical (unpaired) electrons. The van der Waals surface area contributed by atoms with Gasteiger partial charge in [0.1, 0.15) is 17.7 Å². The molecule has 4 amide bonds. The van der Waals surface area contributed by atoms with Gasteiger partial charge in [0.25, 0.3) is 5.91 Å². The number of carbonyl (C=O) groups is 4. The van der Waals surface area contributed by atoms with Crippen LogP contribution < -0.4 is 11.1 Å². The molecule has 1 unspecified atom stereocenters. The third-order valence-corrected chi connectivity index (χ3v) is 10.1. The molecule has 2 aromatic heterocycles. The fourth-order valence-electron chi connectivity index (χ4n) is 7.39. The molecular weight excluding hydrogens is 676 g/mol. The molecule has 4 heterocycles. The van der Waals surface area contributed by atoms with E-state index in [4.69, 9.17) is 15.2 Å². The van der Waals surface area contributed by atoms with Gasteiger partial charge < -0.3 is 40.3 Å². The lowest BCUT2D eigenvalue weighted by Crippen LogP contribution is -2.48. The third-order valence-electron chi connectivity index (χ3n) is 10.1. The first-order chi connectivity index (χ1) is 25.7. The van der Waals surface area contributed by atoms with Crippen molar-refractivity contribution in [3.63, 3.8) is 0 Å². The fraction of sp³-hybridized carbons (Fsp3) is 0.436. The van der Waals surface area contributed by atoms with E-state index in [1.54, 1.807) is 17.3 Å². The number of amides is 4. The van der Waals surface area contributed by atoms with E-state index in [1.165, 1.54) is 7.11 Å². The highest BCUT2D eigenvalue weighted by molar-refractivity contribution is 5.86. The van der Waals surface area contributed by atoms with Gasteiger partial charge >= 0.3 is 12.2 Å². The summed E-state index contributed by atoms with van der Waals surface area (Å²) in [7, 11) is 1.29. The predicted molar refractivity (Wildman–Crippen MR) is 198 cm³/mol. The number of hydrogen-bond donors (Lipinski definition) is 4. The minimum absolute atomic E-state index is 0.122. The first-order valence-electron chi connectivity index (χ1n) is 18.4. The lowest BCUT2D eigenvalue weighted by atomic mass is 10.0. The van der Waals surface area contributed by atoms with Crippen LogP contribution in [0.5, 0.6) is 0 Å². The van der Waals surface area contributed by atoms with Crippen molar-refractivity contribution in [1.82, 2.24) is 35.1 Å². The van der Waals surface area contributed by atoms with E-state index in [2.05, 4.69) is 49.5 Å². The second-order valence-corrected chi connectivity index (χ2v) is 13.6. The number of ether oxygens (including phenoxy) is 2. The summed E-state index contributed by atoms with van der Waals surface area (Å²) in [4.78, 5) is 69.8. The monoisotopic (exact) mass is 724 g/mol. The number of aromatic nitrogens is 4. The second-order valence-electron chi connectivity index (χ2n) is 13.6. The van der Waals surface area contributed by atoms with Crippen LogP contribution >= 0.6 is 0 Å². The van der Waals surface area contributed by atoms with E-state index in [0.717, 1.165) is 71.6 Å². The van der Waals surface area contributed by atoms with Gasteiger partial charge in [-0.3, -0.25) is 9.59 Å². The Hall–Kier alpha value is -5.66. The summed E-state index contributed by atoms with van der Waals surface area (Å²) >= 11 is 0. The van der Waals surface area contributed by atoms with E-state index in [0.29, 0.717) is 38.2 Å². The van der Waals surface area contributed by atoms with Crippen molar-refractivity contribution in [3.8, 4) is 33.6 Å². The zero-order valence-corrected chi connectivity index (χ0v) is 30.5. The van der Waals surface area contributed by atoms with Crippen LogP contribution in [0.3, 0.4) is 0 Å². The van der Waals surface area contributed by atoms with E-state index >= 15 is 0 Å². The molecule has 53 heavy (non-hydrogen) atoms. The number of alkyl carbamates (subject to hydrolysis) is 1. The van der Waals surface area contributed by atoms with Crippen LogP contribution in [0, 0.1) is 0 Å². The van der Waals surface area contributed by atoms with Crippen LogP contribution in [-0.2, 0) is 19.1 Å². The topological polar surface area (TPSA) is 189 Å². The van der Waals surface area contributed by atoms with Gasteiger partial charge in [-0.05, 0) is 60.8 Å². The molecule has 14 heteroatoms. The number of methoxy groups -OCH3 is 1. The van der Waals surface area contributed by atoms with Crippen LogP contribution in [-0.4, -0.2) is 86.1 Å². The predicted octanol–water partition coefficient (Wildman–Crippen LogP) is 6.25.